The van der Waals surface area contributed by atoms with Crippen LogP contribution in [0.15, 0.2) is 12.2 Å². The summed E-state index contributed by atoms with van der Waals surface area (Å²) in [6.07, 6.45) is 8.41. The highest BCUT2D eigenvalue weighted by molar-refractivity contribution is 4.99. The number of likely N-dealkylation sites (N-methyl/N-ethyl adjacent to an activating group) is 1. The van der Waals surface area contributed by atoms with Crippen LogP contribution in [0.25, 0.3) is 0 Å². The van der Waals surface area contributed by atoms with Gasteiger partial charge in [-0.05, 0) is 32.4 Å². The molecule has 1 aliphatic carbocycles. The minimum atomic E-state index is 0.738. The number of rotatable bonds is 3. The summed E-state index contributed by atoms with van der Waals surface area (Å²) in [6, 6.07) is 1.49. The van der Waals surface area contributed by atoms with Crippen molar-refractivity contribution < 1.29 is 0 Å². The Morgan fingerprint density at radius 3 is 2.69 bits per heavy atom. The first kappa shape index (κ1) is 9.22. The van der Waals surface area contributed by atoms with E-state index < -0.39 is 0 Å². The average molecular weight is 180 g/mol. The van der Waals surface area contributed by atoms with Crippen molar-refractivity contribution in [2.24, 2.45) is 0 Å². The fraction of sp³-hybridized carbons (Fsp3) is 0.818. The van der Waals surface area contributed by atoms with E-state index >= 15 is 0 Å². The zero-order valence-electron chi connectivity index (χ0n) is 8.50. The van der Waals surface area contributed by atoms with Gasteiger partial charge < -0.3 is 10.2 Å². The molecule has 74 valence electrons. The van der Waals surface area contributed by atoms with E-state index in [-0.39, 0.29) is 0 Å². The van der Waals surface area contributed by atoms with Gasteiger partial charge in [0.15, 0.2) is 0 Å². The zero-order valence-corrected chi connectivity index (χ0v) is 8.50. The summed E-state index contributed by atoms with van der Waals surface area (Å²) in [5, 5.41) is 3.74. The zero-order chi connectivity index (χ0) is 9.10. The van der Waals surface area contributed by atoms with Crippen molar-refractivity contribution in [2.75, 3.05) is 19.6 Å². The lowest BCUT2D eigenvalue weighted by molar-refractivity contribution is 0.338. The Kier molecular flexibility index (Phi) is 3.01. The van der Waals surface area contributed by atoms with Crippen molar-refractivity contribution in [2.45, 2.75) is 38.3 Å². The molecule has 1 fully saturated rings. The predicted molar refractivity (Wildman–Crippen MR) is 55.8 cm³/mol. The normalized spacial score (nSPS) is 30.4. The minimum Gasteiger partial charge on any atom is -0.309 e. The molecule has 1 atom stereocenters. The van der Waals surface area contributed by atoms with Gasteiger partial charge in [-0.1, -0.05) is 19.1 Å². The van der Waals surface area contributed by atoms with Crippen molar-refractivity contribution in [3.05, 3.63) is 12.2 Å². The molecule has 2 rings (SSSR count). The maximum atomic E-state index is 3.74. The Morgan fingerprint density at radius 1 is 1.31 bits per heavy atom. The van der Waals surface area contributed by atoms with Gasteiger partial charge in [0.1, 0.15) is 0 Å². The molecular weight excluding hydrogens is 160 g/mol. The van der Waals surface area contributed by atoms with Crippen LogP contribution in [0.1, 0.15) is 26.2 Å². The SMILES string of the molecule is CCN1CCC(NC2CC=CC2)C1. The Morgan fingerprint density at radius 2 is 2.08 bits per heavy atom. The van der Waals surface area contributed by atoms with Crippen molar-refractivity contribution >= 4 is 0 Å². The molecule has 1 N–H and O–H groups in total. The summed E-state index contributed by atoms with van der Waals surface area (Å²) in [6.45, 7) is 6.00. The van der Waals surface area contributed by atoms with Gasteiger partial charge in [-0.25, -0.2) is 0 Å². The standard InChI is InChI=1S/C11H20N2/c1-2-13-8-7-11(9-13)12-10-5-3-4-6-10/h3-4,10-12H,2,5-9H2,1H3. The van der Waals surface area contributed by atoms with Crippen LogP contribution in [-0.4, -0.2) is 36.6 Å². The van der Waals surface area contributed by atoms with E-state index in [1.807, 2.05) is 0 Å². The van der Waals surface area contributed by atoms with Crippen LogP contribution < -0.4 is 5.32 Å². The first-order valence-electron chi connectivity index (χ1n) is 5.52. The second-order valence-electron chi connectivity index (χ2n) is 4.19. The summed E-state index contributed by atoms with van der Waals surface area (Å²) in [5.74, 6) is 0. The van der Waals surface area contributed by atoms with Crippen molar-refractivity contribution in [3.8, 4) is 0 Å². The van der Waals surface area contributed by atoms with E-state index in [9.17, 15) is 0 Å². The van der Waals surface area contributed by atoms with Crippen LogP contribution in [-0.2, 0) is 0 Å². The number of nitrogens with zero attached hydrogens (tertiary/aromatic N) is 1. The van der Waals surface area contributed by atoms with Crippen LogP contribution >= 0.6 is 0 Å². The molecule has 0 bridgehead atoms. The van der Waals surface area contributed by atoms with Gasteiger partial charge >= 0.3 is 0 Å². The Labute approximate surface area is 81.0 Å². The molecule has 0 saturated carbocycles. The van der Waals surface area contributed by atoms with E-state index in [1.165, 1.54) is 38.9 Å². The van der Waals surface area contributed by atoms with Gasteiger partial charge in [-0.3, -0.25) is 0 Å². The molecule has 0 aromatic rings. The lowest BCUT2D eigenvalue weighted by Crippen LogP contribution is -2.38. The fourth-order valence-electron chi connectivity index (χ4n) is 2.34. The third-order valence-electron chi connectivity index (χ3n) is 3.20. The van der Waals surface area contributed by atoms with Crippen molar-refractivity contribution in [1.82, 2.24) is 10.2 Å². The highest BCUT2D eigenvalue weighted by Gasteiger charge is 2.23. The molecule has 0 spiro atoms. The highest BCUT2D eigenvalue weighted by atomic mass is 15.2. The largest absolute Gasteiger partial charge is 0.309 e. The third kappa shape index (κ3) is 2.32. The Balaban J connectivity index is 1.71. The molecule has 2 aliphatic rings. The quantitative estimate of drug-likeness (QED) is 0.660. The number of likely N-dealkylation sites (tertiary alicyclic amines) is 1. The lowest BCUT2D eigenvalue weighted by Gasteiger charge is -2.19. The van der Waals surface area contributed by atoms with E-state index in [2.05, 4.69) is 29.3 Å². The molecule has 1 saturated heterocycles. The number of nitrogens with one attached hydrogen (secondary N) is 1. The summed E-state index contributed by atoms with van der Waals surface area (Å²) < 4.78 is 0. The second-order valence-corrected chi connectivity index (χ2v) is 4.19. The predicted octanol–water partition coefficient (Wildman–Crippen LogP) is 1.39. The van der Waals surface area contributed by atoms with Gasteiger partial charge in [0, 0.05) is 18.6 Å². The van der Waals surface area contributed by atoms with E-state index in [0.717, 1.165) is 12.1 Å². The van der Waals surface area contributed by atoms with Gasteiger partial charge in [0.05, 0.1) is 0 Å². The van der Waals surface area contributed by atoms with Gasteiger partial charge in [0.25, 0.3) is 0 Å². The molecule has 1 aliphatic heterocycles. The molecular formula is C11H20N2. The molecule has 1 heterocycles. The first-order chi connectivity index (χ1) is 6.38. The monoisotopic (exact) mass is 180 g/mol. The van der Waals surface area contributed by atoms with Crippen molar-refractivity contribution in [3.63, 3.8) is 0 Å². The fourth-order valence-corrected chi connectivity index (χ4v) is 2.34. The number of hydrogen-bond acceptors (Lipinski definition) is 2. The molecule has 0 radical (unpaired) electrons. The lowest BCUT2D eigenvalue weighted by atomic mass is 10.2. The van der Waals surface area contributed by atoms with E-state index in [1.54, 1.807) is 0 Å². The second kappa shape index (κ2) is 4.25. The summed E-state index contributed by atoms with van der Waals surface area (Å²) in [4.78, 5) is 2.53. The van der Waals surface area contributed by atoms with Crippen LogP contribution in [0.5, 0.6) is 0 Å². The molecule has 0 aromatic carbocycles. The minimum absolute atomic E-state index is 0.738. The van der Waals surface area contributed by atoms with Crippen LogP contribution in [0.2, 0.25) is 0 Å². The Bertz CT molecular complexity index is 181. The average Bonchev–Trinajstić information content (AvgIpc) is 2.76. The van der Waals surface area contributed by atoms with Crippen LogP contribution in [0.3, 0.4) is 0 Å². The molecule has 1 unspecified atom stereocenters. The smallest absolute Gasteiger partial charge is 0.0210 e. The maximum Gasteiger partial charge on any atom is 0.0210 e. The molecule has 0 amide bonds. The number of hydrogen-bond donors (Lipinski definition) is 1. The molecule has 2 nitrogen and oxygen atoms in total. The van der Waals surface area contributed by atoms with Gasteiger partial charge in [-0.15, -0.1) is 0 Å². The summed E-state index contributed by atoms with van der Waals surface area (Å²) in [5.41, 5.74) is 0. The topological polar surface area (TPSA) is 15.3 Å². The molecule has 0 aromatic heterocycles. The first-order valence-corrected chi connectivity index (χ1v) is 5.52. The molecule has 2 heteroatoms. The van der Waals surface area contributed by atoms with E-state index in [0.29, 0.717) is 0 Å². The van der Waals surface area contributed by atoms with E-state index in [4.69, 9.17) is 0 Å². The highest BCUT2D eigenvalue weighted by Crippen LogP contribution is 2.14. The Hall–Kier alpha value is -0.340. The van der Waals surface area contributed by atoms with Crippen molar-refractivity contribution in [1.29, 1.82) is 0 Å². The summed E-state index contributed by atoms with van der Waals surface area (Å²) in [7, 11) is 0. The molecule has 13 heavy (non-hydrogen) atoms. The maximum absolute atomic E-state index is 3.74. The third-order valence-corrected chi connectivity index (χ3v) is 3.20. The van der Waals surface area contributed by atoms with Crippen LogP contribution in [0, 0.1) is 0 Å². The van der Waals surface area contributed by atoms with Crippen LogP contribution in [0.4, 0.5) is 0 Å². The van der Waals surface area contributed by atoms with Gasteiger partial charge in [-0.2, -0.15) is 0 Å². The van der Waals surface area contributed by atoms with Gasteiger partial charge in [0.2, 0.25) is 0 Å². The summed E-state index contributed by atoms with van der Waals surface area (Å²) >= 11 is 0.